The molecule has 0 aromatic carbocycles. The summed E-state index contributed by atoms with van der Waals surface area (Å²) in [7, 11) is -10.1. The van der Waals surface area contributed by atoms with Crippen LogP contribution in [0, 0.1) is 0 Å². The molecule has 0 radical (unpaired) electrons. The summed E-state index contributed by atoms with van der Waals surface area (Å²) in [4.78, 5) is 0. The topological polar surface area (TPSA) is 114 Å². The van der Waals surface area contributed by atoms with Crippen LogP contribution in [-0.2, 0) is 20.2 Å². The second-order valence-electron chi connectivity index (χ2n) is 2.20. The molecule has 0 amide bonds. The highest BCUT2D eigenvalue weighted by Gasteiger charge is 2.22. The molecule has 0 heterocycles. The summed E-state index contributed by atoms with van der Waals surface area (Å²) < 4.78 is 59.1. The van der Waals surface area contributed by atoms with Crippen molar-refractivity contribution in [1.29, 1.82) is 0 Å². The van der Waals surface area contributed by atoms with E-state index < -0.39 is 31.2 Å². The smallest absolute Gasteiger partial charge is 0.139 e. The van der Waals surface area contributed by atoms with E-state index >= 15 is 0 Å². The van der Waals surface area contributed by atoms with Crippen LogP contribution in [-0.4, -0.2) is 30.5 Å². The van der Waals surface area contributed by atoms with E-state index in [1.54, 1.807) is 0 Å². The van der Waals surface area contributed by atoms with Crippen LogP contribution in [0.1, 0.15) is 19.8 Å². The van der Waals surface area contributed by atoms with Crippen LogP contribution >= 0.6 is 0 Å². The highest BCUT2D eigenvalue weighted by atomic mass is 32.3. The van der Waals surface area contributed by atoms with E-state index in [0.717, 1.165) is 0 Å². The van der Waals surface area contributed by atoms with Crippen LogP contribution in [0.3, 0.4) is 0 Å². The fourth-order valence-corrected chi connectivity index (χ4v) is 2.87. The second kappa shape index (κ2) is 3.69. The van der Waals surface area contributed by atoms with E-state index in [9.17, 15) is 25.9 Å². The first-order valence-corrected chi connectivity index (χ1v) is 6.03. The van der Waals surface area contributed by atoms with Gasteiger partial charge in [-0.2, -0.15) is 0 Å². The normalized spacial score (nSPS) is 13.7. The zero-order valence-electron chi connectivity index (χ0n) is 6.26. The lowest BCUT2D eigenvalue weighted by atomic mass is 10.4. The minimum absolute atomic E-state index is 0.146. The maximum atomic E-state index is 10.2. The monoisotopic (exact) mass is 216 g/mol. The Bertz CT molecular complexity index is 293. The predicted molar refractivity (Wildman–Crippen MR) is 38.1 cm³/mol. The first-order valence-electron chi connectivity index (χ1n) is 3.09. The van der Waals surface area contributed by atoms with Gasteiger partial charge in [0.05, 0.1) is 0 Å². The first kappa shape index (κ1) is 11.8. The van der Waals surface area contributed by atoms with Gasteiger partial charge in [0.25, 0.3) is 0 Å². The zero-order chi connectivity index (χ0) is 9.99. The maximum Gasteiger partial charge on any atom is 0.139 e. The Kier molecular flexibility index (Phi) is 3.63. The van der Waals surface area contributed by atoms with Gasteiger partial charge in [-0.05, 0) is 6.42 Å². The Labute approximate surface area is 71.1 Å². The minimum atomic E-state index is -5.04. The first-order chi connectivity index (χ1) is 5.19. The van der Waals surface area contributed by atoms with Crippen LogP contribution in [0.5, 0.6) is 0 Å². The summed E-state index contributed by atoms with van der Waals surface area (Å²) in [5.74, 6) is 0. The third kappa shape index (κ3) is 3.48. The number of hydrogen-bond donors (Lipinski definition) is 0. The molecule has 0 spiro atoms. The number of rotatable bonds is 4. The van der Waals surface area contributed by atoms with Crippen molar-refractivity contribution < 1.29 is 25.9 Å². The molecule has 0 atom stereocenters. The molecule has 0 unspecified atom stereocenters. The van der Waals surface area contributed by atoms with Crippen molar-refractivity contribution in [3.8, 4) is 0 Å². The molecule has 8 heteroatoms. The van der Waals surface area contributed by atoms with Crippen LogP contribution in [0.2, 0.25) is 0 Å². The molecule has 0 N–H and O–H groups in total. The standard InChI is InChI=1S/C4H10O6S2/c1-2-3-4(11(5,6)7)12(8,9)10/h4H,2-3H2,1H3,(H,5,6,7)(H,8,9,10)/p-2. The van der Waals surface area contributed by atoms with Crippen molar-refractivity contribution >= 4 is 20.2 Å². The average Bonchev–Trinajstić information content (AvgIpc) is 1.77. The van der Waals surface area contributed by atoms with Gasteiger partial charge in [0.15, 0.2) is 0 Å². The van der Waals surface area contributed by atoms with Gasteiger partial charge in [-0.1, -0.05) is 13.3 Å². The SMILES string of the molecule is CCCC(S(=O)(=O)[O-])S(=O)(=O)[O-]. The highest BCUT2D eigenvalue weighted by Crippen LogP contribution is 2.12. The summed E-state index contributed by atoms with van der Waals surface area (Å²) in [6.07, 6.45) is -0.300. The van der Waals surface area contributed by atoms with E-state index in [2.05, 4.69) is 0 Å². The largest absolute Gasteiger partial charge is 0.747 e. The second-order valence-corrected chi connectivity index (χ2v) is 5.61. The fourth-order valence-electron chi connectivity index (χ4n) is 0.669. The van der Waals surface area contributed by atoms with E-state index in [0.29, 0.717) is 0 Å². The van der Waals surface area contributed by atoms with Crippen LogP contribution in [0.25, 0.3) is 0 Å². The summed E-state index contributed by atoms with van der Waals surface area (Å²) >= 11 is 0. The summed E-state index contributed by atoms with van der Waals surface area (Å²) in [6, 6.07) is 0. The van der Waals surface area contributed by atoms with Crippen molar-refractivity contribution in [3.63, 3.8) is 0 Å². The minimum Gasteiger partial charge on any atom is -0.747 e. The van der Waals surface area contributed by atoms with Gasteiger partial charge < -0.3 is 9.11 Å². The van der Waals surface area contributed by atoms with E-state index in [1.807, 2.05) is 0 Å². The van der Waals surface area contributed by atoms with Gasteiger partial charge in [0.2, 0.25) is 0 Å². The molecule has 12 heavy (non-hydrogen) atoms. The molecule has 0 fully saturated rings. The lowest BCUT2D eigenvalue weighted by Gasteiger charge is -2.22. The third-order valence-electron chi connectivity index (χ3n) is 1.17. The zero-order valence-corrected chi connectivity index (χ0v) is 7.89. The molecule has 0 aliphatic heterocycles. The number of hydrogen-bond acceptors (Lipinski definition) is 6. The molecule has 0 aromatic heterocycles. The Morgan fingerprint density at radius 1 is 1.08 bits per heavy atom. The van der Waals surface area contributed by atoms with E-state index in [4.69, 9.17) is 0 Å². The van der Waals surface area contributed by atoms with Gasteiger partial charge in [0, 0.05) is 0 Å². The third-order valence-corrected chi connectivity index (χ3v) is 4.34. The van der Waals surface area contributed by atoms with Gasteiger partial charge in [-0.15, -0.1) is 0 Å². The lowest BCUT2D eigenvalue weighted by Crippen LogP contribution is -2.29. The quantitative estimate of drug-likeness (QED) is 0.568. The molecular weight excluding hydrogens is 208 g/mol. The lowest BCUT2D eigenvalue weighted by molar-refractivity contribution is 0.431. The van der Waals surface area contributed by atoms with Gasteiger partial charge in [0.1, 0.15) is 24.8 Å². The molecular formula is C4H8O6S2-2. The molecule has 0 saturated carbocycles. The van der Waals surface area contributed by atoms with Crippen LogP contribution in [0.4, 0.5) is 0 Å². The maximum absolute atomic E-state index is 10.2. The molecule has 74 valence electrons. The Morgan fingerprint density at radius 2 is 1.42 bits per heavy atom. The molecule has 0 aliphatic carbocycles. The fraction of sp³-hybridized carbons (Fsp3) is 1.00. The molecule has 0 aromatic rings. The Balaban J connectivity index is 4.97. The highest BCUT2D eigenvalue weighted by molar-refractivity contribution is 8.03. The molecule has 0 saturated heterocycles. The van der Waals surface area contributed by atoms with Crippen LogP contribution in [0.15, 0.2) is 0 Å². The summed E-state index contributed by atoms with van der Waals surface area (Å²) in [5, 5.41) is 0. The average molecular weight is 216 g/mol. The molecule has 0 rings (SSSR count). The van der Waals surface area contributed by atoms with Crippen molar-refractivity contribution in [2.75, 3.05) is 0 Å². The van der Waals surface area contributed by atoms with E-state index in [-0.39, 0.29) is 6.42 Å². The van der Waals surface area contributed by atoms with E-state index in [1.165, 1.54) is 6.92 Å². The Hall–Kier alpha value is -0.180. The Morgan fingerprint density at radius 3 is 1.50 bits per heavy atom. The van der Waals surface area contributed by atoms with Gasteiger partial charge >= 0.3 is 0 Å². The summed E-state index contributed by atoms with van der Waals surface area (Å²) in [5.41, 5.74) is 0. The van der Waals surface area contributed by atoms with Crippen molar-refractivity contribution in [2.24, 2.45) is 0 Å². The van der Waals surface area contributed by atoms with Crippen molar-refractivity contribution in [1.82, 2.24) is 0 Å². The van der Waals surface area contributed by atoms with Gasteiger partial charge in [-0.25, -0.2) is 16.8 Å². The predicted octanol–water partition coefficient (Wildman–Crippen LogP) is -0.797. The molecule has 0 bridgehead atoms. The van der Waals surface area contributed by atoms with Crippen molar-refractivity contribution in [2.45, 2.75) is 24.3 Å². The van der Waals surface area contributed by atoms with Crippen molar-refractivity contribution in [3.05, 3.63) is 0 Å². The van der Waals surface area contributed by atoms with Gasteiger partial charge in [-0.3, -0.25) is 0 Å². The summed E-state index contributed by atoms with van der Waals surface area (Å²) in [6.45, 7) is 1.48. The van der Waals surface area contributed by atoms with Crippen LogP contribution < -0.4 is 0 Å². The molecule has 6 nitrogen and oxygen atoms in total. The molecule has 0 aliphatic rings.